The minimum atomic E-state index is -0.558. The summed E-state index contributed by atoms with van der Waals surface area (Å²) in [6.45, 7) is 8.02. The molecule has 2 rings (SSSR count). The number of anilines is 2. The van der Waals surface area contributed by atoms with Crippen molar-refractivity contribution >= 4 is 35.0 Å². The van der Waals surface area contributed by atoms with Gasteiger partial charge in [-0.25, -0.2) is 9.78 Å². The third kappa shape index (κ3) is 5.97. The van der Waals surface area contributed by atoms with E-state index in [1.54, 1.807) is 27.7 Å². The Balaban J connectivity index is 1.98. The molecule has 2 heterocycles. The molecule has 0 aliphatic carbocycles. The highest BCUT2D eigenvalue weighted by Gasteiger charge is 2.16. The quantitative estimate of drug-likeness (QED) is 0.472. The molecule has 0 radical (unpaired) electrons. The van der Waals surface area contributed by atoms with Gasteiger partial charge >= 0.3 is 12.1 Å². The number of alkyl carbamates (subject to hydrolysis) is 1. The van der Waals surface area contributed by atoms with Crippen molar-refractivity contribution in [2.75, 3.05) is 30.7 Å². The smallest absolute Gasteiger partial charge is 0.407 e. The average Bonchev–Trinajstić information content (AvgIpc) is 2.93. The highest BCUT2D eigenvalue weighted by atomic mass is 16.6. The van der Waals surface area contributed by atoms with E-state index in [0.29, 0.717) is 30.9 Å². The van der Waals surface area contributed by atoms with Crippen molar-refractivity contribution in [3.63, 3.8) is 0 Å². The molecule has 1 amide bonds. The highest BCUT2D eigenvalue weighted by molar-refractivity contribution is 5.84. The lowest BCUT2D eigenvalue weighted by atomic mass is 10.2. The summed E-state index contributed by atoms with van der Waals surface area (Å²) in [6, 6.07) is 0. The summed E-state index contributed by atoms with van der Waals surface area (Å²) in [6.07, 6.45) is 0.952. The van der Waals surface area contributed by atoms with Crippen LogP contribution in [0.1, 0.15) is 27.7 Å². The molecule has 0 saturated heterocycles. The minimum Gasteiger partial charge on any atom is -0.465 e. The number of hydrogen-bond acceptors (Lipinski definition) is 9. The van der Waals surface area contributed by atoms with Crippen molar-refractivity contribution in [3.8, 4) is 0 Å². The van der Waals surface area contributed by atoms with Crippen molar-refractivity contribution in [3.05, 3.63) is 6.33 Å². The van der Waals surface area contributed by atoms with Crippen LogP contribution in [-0.4, -0.2) is 56.9 Å². The standard InChI is InChI=1S/C16H25N7O4/c1-5-26-10(24)8-23-9-20-11-12(17)21-14(22-13(11)23)18-6-7-19-15(25)27-16(2,3)4/h9H,5-8H2,1-4H3,(H,19,25)(H3,17,18,21,22). The van der Waals surface area contributed by atoms with E-state index in [1.165, 1.54) is 10.9 Å². The molecule has 0 aliphatic rings. The van der Waals surface area contributed by atoms with Crippen LogP contribution >= 0.6 is 0 Å². The second kappa shape index (κ2) is 8.52. The second-order valence-electron chi connectivity index (χ2n) is 6.64. The number of carbonyl (C=O) groups is 2. The lowest BCUT2D eigenvalue weighted by Crippen LogP contribution is -2.35. The monoisotopic (exact) mass is 379 g/mol. The number of amides is 1. The fourth-order valence-corrected chi connectivity index (χ4v) is 2.16. The number of nitrogens with one attached hydrogen (secondary N) is 2. The fraction of sp³-hybridized carbons (Fsp3) is 0.562. The SMILES string of the molecule is CCOC(=O)Cn1cnc2c(N)nc(NCCNC(=O)OC(C)(C)C)nc21. The molecule has 0 atom stereocenters. The van der Waals surface area contributed by atoms with Gasteiger partial charge in [0.25, 0.3) is 0 Å². The summed E-state index contributed by atoms with van der Waals surface area (Å²) < 4.78 is 11.6. The van der Waals surface area contributed by atoms with Crippen LogP contribution in [-0.2, 0) is 20.8 Å². The normalized spacial score (nSPS) is 11.3. The van der Waals surface area contributed by atoms with Crippen molar-refractivity contribution in [1.29, 1.82) is 0 Å². The number of rotatable bonds is 7. The molecule has 0 spiro atoms. The summed E-state index contributed by atoms with van der Waals surface area (Å²) in [5.74, 6) is 0.0480. The molecule has 11 nitrogen and oxygen atoms in total. The van der Waals surface area contributed by atoms with Gasteiger partial charge in [0, 0.05) is 13.1 Å². The summed E-state index contributed by atoms with van der Waals surface area (Å²) in [5.41, 5.74) is 6.17. The van der Waals surface area contributed by atoms with Gasteiger partial charge < -0.3 is 30.4 Å². The topological polar surface area (TPSA) is 146 Å². The number of aromatic nitrogens is 4. The first kappa shape index (κ1) is 20.2. The Morgan fingerprint density at radius 1 is 1.26 bits per heavy atom. The minimum absolute atomic E-state index is 0.0273. The number of nitrogens with two attached hydrogens (primary N) is 1. The third-order valence-corrected chi connectivity index (χ3v) is 3.17. The van der Waals surface area contributed by atoms with Crippen molar-refractivity contribution in [1.82, 2.24) is 24.8 Å². The zero-order valence-corrected chi connectivity index (χ0v) is 15.9. The summed E-state index contributed by atoms with van der Waals surface area (Å²) in [5, 5.41) is 5.58. The Hall–Kier alpha value is -3.11. The van der Waals surface area contributed by atoms with E-state index >= 15 is 0 Å². The molecule has 4 N–H and O–H groups in total. The number of nitrogens with zero attached hydrogens (tertiary/aromatic N) is 4. The zero-order valence-electron chi connectivity index (χ0n) is 15.9. The highest BCUT2D eigenvalue weighted by Crippen LogP contribution is 2.18. The van der Waals surface area contributed by atoms with E-state index in [2.05, 4.69) is 25.6 Å². The lowest BCUT2D eigenvalue weighted by molar-refractivity contribution is -0.143. The van der Waals surface area contributed by atoms with Crippen LogP contribution < -0.4 is 16.4 Å². The van der Waals surface area contributed by atoms with Gasteiger partial charge in [-0.05, 0) is 27.7 Å². The van der Waals surface area contributed by atoms with Crippen LogP contribution in [0.15, 0.2) is 6.33 Å². The predicted molar refractivity (Wildman–Crippen MR) is 99.1 cm³/mol. The van der Waals surface area contributed by atoms with Crippen LogP contribution in [0, 0.1) is 0 Å². The molecule has 2 aromatic heterocycles. The first-order chi connectivity index (χ1) is 12.7. The average molecular weight is 379 g/mol. The molecule has 27 heavy (non-hydrogen) atoms. The van der Waals surface area contributed by atoms with Crippen molar-refractivity contribution in [2.24, 2.45) is 0 Å². The number of hydrogen-bond donors (Lipinski definition) is 3. The van der Waals surface area contributed by atoms with Gasteiger partial charge in [-0.1, -0.05) is 0 Å². The molecule has 0 aromatic carbocycles. The Labute approximate surface area is 156 Å². The van der Waals surface area contributed by atoms with Crippen LogP contribution in [0.25, 0.3) is 11.2 Å². The van der Waals surface area contributed by atoms with Gasteiger partial charge in [-0.15, -0.1) is 0 Å². The van der Waals surface area contributed by atoms with E-state index in [-0.39, 0.29) is 18.3 Å². The maximum Gasteiger partial charge on any atom is 0.407 e. The van der Waals surface area contributed by atoms with Crippen LogP contribution in [0.4, 0.5) is 16.6 Å². The fourth-order valence-electron chi connectivity index (χ4n) is 2.16. The van der Waals surface area contributed by atoms with Crippen LogP contribution in [0.5, 0.6) is 0 Å². The summed E-state index contributed by atoms with van der Waals surface area (Å²) in [7, 11) is 0. The molecule has 0 bridgehead atoms. The maximum absolute atomic E-state index is 11.7. The van der Waals surface area contributed by atoms with E-state index < -0.39 is 17.7 Å². The van der Waals surface area contributed by atoms with Gasteiger partial charge in [0.1, 0.15) is 17.7 Å². The van der Waals surface area contributed by atoms with E-state index in [0.717, 1.165) is 0 Å². The Kier molecular flexibility index (Phi) is 6.37. The number of esters is 1. The van der Waals surface area contributed by atoms with Crippen LogP contribution in [0.3, 0.4) is 0 Å². The largest absolute Gasteiger partial charge is 0.465 e. The molecule has 0 aliphatic heterocycles. The predicted octanol–water partition coefficient (Wildman–Crippen LogP) is 0.908. The van der Waals surface area contributed by atoms with Crippen LogP contribution in [0.2, 0.25) is 0 Å². The van der Waals surface area contributed by atoms with Gasteiger partial charge in [0.05, 0.1) is 12.9 Å². The summed E-state index contributed by atoms with van der Waals surface area (Å²) in [4.78, 5) is 35.9. The Morgan fingerprint density at radius 3 is 2.67 bits per heavy atom. The van der Waals surface area contributed by atoms with E-state index in [9.17, 15) is 9.59 Å². The molecule has 0 saturated carbocycles. The first-order valence-electron chi connectivity index (χ1n) is 8.54. The Morgan fingerprint density at radius 2 is 2.00 bits per heavy atom. The van der Waals surface area contributed by atoms with Gasteiger partial charge in [-0.2, -0.15) is 9.97 Å². The second-order valence-corrected chi connectivity index (χ2v) is 6.64. The molecule has 11 heteroatoms. The van der Waals surface area contributed by atoms with Crippen molar-refractivity contribution in [2.45, 2.75) is 39.8 Å². The number of carbonyl (C=O) groups excluding carboxylic acids is 2. The van der Waals surface area contributed by atoms with E-state index in [1.807, 2.05) is 0 Å². The molecular formula is C16H25N7O4. The number of fused-ring (bicyclic) bond motifs is 1. The van der Waals surface area contributed by atoms with Gasteiger partial charge in [0.15, 0.2) is 11.5 Å². The number of ether oxygens (including phenoxy) is 2. The molecule has 0 fully saturated rings. The lowest BCUT2D eigenvalue weighted by Gasteiger charge is -2.19. The van der Waals surface area contributed by atoms with E-state index in [4.69, 9.17) is 15.2 Å². The maximum atomic E-state index is 11.7. The number of nitrogen functional groups attached to an aromatic ring is 1. The molecule has 148 valence electrons. The van der Waals surface area contributed by atoms with Gasteiger partial charge in [-0.3, -0.25) is 4.79 Å². The molecular weight excluding hydrogens is 354 g/mol. The Bertz CT molecular complexity index is 813. The van der Waals surface area contributed by atoms with Gasteiger partial charge in [0.2, 0.25) is 5.95 Å². The third-order valence-electron chi connectivity index (χ3n) is 3.17. The molecule has 0 unspecified atom stereocenters. The summed E-state index contributed by atoms with van der Waals surface area (Å²) >= 11 is 0. The molecule has 2 aromatic rings. The zero-order chi connectivity index (χ0) is 20.0. The number of imidazole rings is 1. The first-order valence-corrected chi connectivity index (χ1v) is 8.54. The van der Waals surface area contributed by atoms with Crippen molar-refractivity contribution < 1.29 is 19.1 Å².